The Balaban J connectivity index is 1.40. The molecule has 0 aliphatic rings. The Morgan fingerprint density at radius 2 is 2.00 bits per heavy atom. The number of rotatable bonds is 8. The molecule has 0 aliphatic heterocycles. The van der Waals surface area contributed by atoms with E-state index in [1.54, 1.807) is 32.4 Å². The molecule has 4 rings (SSSR count). The molecule has 0 saturated carbocycles. The lowest BCUT2D eigenvalue weighted by Gasteiger charge is -2.07. The Morgan fingerprint density at radius 1 is 1.16 bits per heavy atom. The Labute approximate surface area is 180 Å². The number of fused-ring (bicyclic) bond motifs is 2. The largest absolute Gasteiger partial charge is 0.383 e. The van der Waals surface area contributed by atoms with Crippen molar-refractivity contribution in [2.75, 3.05) is 19.0 Å². The summed E-state index contributed by atoms with van der Waals surface area (Å²) in [6.45, 7) is 1.46. The minimum Gasteiger partial charge on any atom is -0.383 e. The second-order valence-electron chi connectivity index (χ2n) is 7.65. The minimum absolute atomic E-state index is 0.0665. The molecule has 7 heteroatoms. The number of hydrogen-bond donors (Lipinski definition) is 1. The zero-order chi connectivity index (χ0) is 21.8. The summed E-state index contributed by atoms with van der Waals surface area (Å²) in [6, 6.07) is 13.5. The summed E-state index contributed by atoms with van der Waals surface area (Å²) < 4.78 is 8.85. The van der Waals surface area contributed by atoms with E-state index in [-0.39, 0.29) is 11.5 Å². The summed E-state index contributed by atoms with van der Waals surface area (Å²) in [5.41, 5.74) is 3.51. The van der Waals surface area contributed by atoms with E-state index in [1.807, 2.05) is 12.1 Å². The number of nitrogens with one attached hydrogen (secondary N) is 1. The first-order chi connectivity index (χ1) is 15.1. The van der Waals surface area contributed by atoms with Gasteiger partial charge in [0, 0.05) is 49.9 Å². The van der Waals surface area contributed by atoms with Crippen molar-refractivity contribution < 1.29 is 9.53 Å². The van der Waals surface area contributed by atoms with Gasteiger partial charge < -0.3 is 19.2 Å². The van der Waals surface area contributed by atoms with Gasteiger partial charge in [-0.2, -0.15) is 0 Å². The van der Waals surface area contributed by atoms with Crippen LogP contribution < -0.4 is 10.9 Å². The third kappa shape index (κ3) is 4.51. The van der Waals surface area contributed by atoms with Gasteiger partial charge in [0.15, 0.2) is 0 Å². The SMILES string of the molecule is COCCn1cc(CCCC(=O)Nc2ccc3ncn(C)c(=O)c3c2)c2ccccc21. The van der Waals surface area contributed by atoms with E-state index in [0.29, 0.717) is 29.6 Å². The number of para-hydroxylation sites is 1. The van der Waals surface area contributed by atoms with E-state index in [4.69, 9.17) is 4.74 Å². The summed E-state index contributed by atoms with van der Waals surface area (Å²) >= 11 is 0. The second kappa shape index (κ2) is 9.14. The molecule has 2 aromatic carbocycles. The molecule has 7 nitrogen and oxygen atoms in total. The molecular weight excluding hydrogens is 392 g/mol. The molecular formula is C24H26N4O3. The van der Waals surface area contributed by atoms with Gasteiger partial charge in [-0.15, -0.1) is 0 Å². The van der Waals surface area contributed by atoms with E-state index in [0.717, 1.165) is 19.4 Å². The Bertz CT molecular complexity index is 1290. The number of amides is 1. The van der Waals surface area contributed by atoms with Gasteiger partial charge in [-0.05, 0) is 42.7 Å². The summed E-state index contributed by atoms with van der Waals surface area (Å²) in [5, 5.41) is 4.61. The highest BCUT2D eigenvalue weighted by molar-refractivity contribution is 5.93. The zero-order valence-corrected chi connectivity index (χ0v) is 17.8. The number of methoxy groups -OCH3 is 1. The lowest BCUT2D eigenvalue weighted by Crippen LogP contribution is -2.17. The van der Waals surface area contributed by atoms with Gasteiger partial charge in [-0.1, -0.05) is 18.2 Å². The molecule has 0 atom stereocenters. The molecule has 0 radical (unpaired) electrons. The number of hydrogen-bond acceptors (Lipinski definition) is 4. The van der Waals surface area contributed by atoms with Crippen molar-refractivity contribution in [1.82, 2.24) is 14.1 Å². The smallest absolute Gasteiger partial charge is 0.260 e. The summed E-state index contributed by atoms with van der Waals surface area (Å²) in [5.74, 6) is -0.0665. The molecule has 0 unspecified atom stereocenters. The fraction of sp³-hybridized carbons (Fsp3) is 0.292. The monoisotopic (exact) mass is 418 g/mol. The van der Waals surface area contributed by atoms with E-state index in [1.165, 1.54) is 27.4 Å². The fourth-order valence-corrected chi connectivity index (χ4v) is 3.85. The molecule has 31 heavy (non-hydrogen) atoms. The van der Waals surface area contributed by atoms with Crippen LogP contribution in [-0.2, 0) is 29.5 Å². The van der Waals surface area contributed by atoms with E-state index >= 15 is 0 Å². The van der Waals surface area contributed by atoms with Crippen LogP contribution in [0.4, 0.5) is 5.69 Å². The molecule has 0 aliphatic carbocycles. The first-order valence-corrected chi connectivity index (χ1v) is 10.4. The van der Waals surface area contributed by atoms with Crippen molar-refractivity contribution in [2.45, 2.75) is 25.8 Å². The second-order valence-corrected chi connectivity index (χ2v) is 7.65. The van der Waals surface area contributed by atoms with Crippen molar-refractivity contribution >= 4 is 33.4 Å². The van der Waals surface area contributed by atoms with Crippen molar-refractivity contribution in [1.29, 1.82) is 0 Å². The minimum atomic E-state index is -0.133. The number of aryl methyl sites for hydroxylation is 2. The lowest BCUT2D eigenvalue weighted by molar-refractivity contribution is -0.116. The van der Waals surface area contributed by atoms with Crippen LogP contribution in [0.5, 0.6) is 0 Å². The van der Waals surface area contributed by atoms with Crippen LogP contribution in [0.3, 0.4) is 0 Å². The van der Waals surface area contributed by atoms with Crippen molar-refractivity contribution in [3.8, 4) is 0 Å². The summed E-state index contributed by atoms with van der Waals surface area (Å²) in [4.78, 5) is 29.0. The Hall–Kier alpha value is -3.45. The van der Waals surface area contributed by atoms with Crippen LogP contribution in [0.25, 0.3) is 21.8 Å². The maximum absolute atomic E-state index is 12.5. The average molecular weight is 418 g/mol. The number of benzene rings is 2. The number of anilines is 1. The number of ether oxygens (including phenoxy) is 1. The predicted octanol–water partition coefficient (Wildman–Crippen LogP) is 3.50. The highest BCUT2D eigenvalue weighted by atomic mass is 16.5. The molecule has 2 aromatic heterocycles. The van der Waals surface area contributed by atoms with Crippen LogP contribution >= 0.6 is 0 Å². The van der Waals surface area contributed by atoms with Crippen molar-refractivity contribution in [3.05, 3.63) is 70.9 Å². The predicted molar refractivity (Wildman–Crippen MR) is 122 cm³/mol. The topological polar surface area (TPSA) is 78.2 Å². The standard InChI is InChI=1S/C24H26N4O3/c1-27-16-25-21-11-10-18(14-20(21)24(27)30)26-23(29)9-5-6-17-15-28(12-13-31-2)22-8-4-3-7-19(17)22/h3-4,7-8,10-11,14-16H,5-6,9,12-13H2,1-2H3,(H,26,29). The van der Waals surface area contributed by atoms with Gasteiger partial charge >= 0.3 is 0 Å². The van der Waals surface area contributed by atoms with Crippen LogP contribution in [0.1, 0.15) is 18.4 Å². The quantitative estimate of drug-likeness (QED) is 0.475. The Kier molecular flexibility index (Phi) is 6.13. The third-order valence-corrected chi connectivity index (χ3v) is 5.46. The average Bonchev–Trinajstić information content (AvgIpc) is 3.13. The van der Waals surface area contributed by atoms with Gasteiger partial charge in [-0.25, -0.2) is 4.98 Å². The fourth-order valence-electron chi connectivity index (χ4n) is 3.85. The lowest BCUT2D eigenvalue weighted by atomic mass is 10.1. The molecule has 160 valence electrons. The first kappa shape index (κ1) is 20.8. The summed E-state index contributed by atoms with van der Waals surface area (Å²) in [6.07, 6.45) is 5.61. The maximum atomic E-state index is 12.5. The van der Waals surface area contributed by atoms with Gasteiger partial charge in [0.05, 0.1) is 23.8 Å². The molecule has 0 spiro atoms. The molecule has 0 fully saturated rings. The zero-order valence-electron chi connectivity index (χ0n) is 17.8. The molecule has 1 N–H and O–H groups in total. The highest BCUT2D eigenvalue weighted by Crippen LogP contribution is 2.23. The maximum Gasteiger partial charge on any atom is 0.260 e. The van der Waals surface area contributed by atoms with E-state index in [2.05, 4.69) is 33.2 Å². The van der Waals surface area contributed by atoms with Crippen LogP contribution in [0.15, 0.2) is 59.8 Å². The summed E-state index contributed by atoms with van der Waals surface area (Å²) in [7, 11) is 3.36. The number of nitrogens with zero attached hydrogens (tertiary/aromatic N) is 3. The number of carbonyl (C=O) groups excluding carboxylic acids is 1. The third-order valence-electron chi connectivity index (χ3n) is 5.46. The van der Waals surface area contributed by atoms with Crippen molar-refractivity contribution in [2.24, 2.45) is 7.05 Å². The molecule has 0 bridgehead atoms. The van der Waals surface area contributed by atoms with Crippen LogP contribution in [0, 0.1) is 0 Å². The normalized spacial score (nSPS) is 11.3. The van der Waals surface area contributed by atoms with E-state index in [9.17, 15) is 9.59 Å². The molecule has 0 saturated heterocycles. The van der Waals surface area contributed by atoms with Crippen LogP contribution in [-0.4, -0.2) is 33.7 Å². The number of aromatic nitrogens is 3. The highest BCUT2D eigenvalue weighted by Gasteiger charge is 2.10. The Morgan fingerprint density at radius 3 is 2.84 bits per heavy atom. The van der Waals surface area contributed by atoms with Gasteiger partial charge in [0.2, 0.25) is 5.91 Å². The molecule has 1 amide bonds. The van der Waals surface area contributed by atoms with Gasteiger partial charge in [0.1, 0.15) is 0 Å². The van der Waals surface area contributed by atoms with Gasteiger partial charge in [0.25, 0.3) is 5.56 Å². The number of carbonyl (C=O) groups is 1. The molecule has 4 aromatic rings. The first-order valence-electron chi connectivity index (χ1n) is 10.4. The molecule has 2 heterocycles. The van der Waals surface area contributed by atoms with E-state index < -0.39 is 0 Å². The van der Waals surface area contributed by atoms with Gasteiger partial charge in [-0.3, -0.25) is 9.59 Å². The van der Waals surface area contributed by atoms with Crippen molar-refractivity contribution in [3.63, 3.8) is 0 Å². The van der Waals surface area contributed by atoms with Crippen LogP contribution in [0.2, 0.25) is 0 Å².